The lowest BCUT2D eigenvalue weighted by atomic mass is 10.0. The van der Waals surface area contributed by atoms with Gasteiger partial charge in [-0.15, -0.1) is 0 Å². The number of benzene rings is 4. The van der Waals surface area contributed by atoms with Crippen molar-refractivity contribution in [3.05, 3.63) is 120 Å². The molecule has 0 radical (unpaired) electrons. The lowest BCUT2D eigenvalue weighted by Gasteiger charge is -2.08. The molecular weight excluding hydrogens is 376 g/mol. The van der Waals surface area contributed by atoms with Crippen LogP contribution in [0.15, 0.2) is 109 Å². The van der Waals surface area contributed by atoms with E-state index >= 15 is 0 Å². The average Bonchev–Trinajstić information content (AvgIpc) is 2.80. The fraction of sp³-hybridized carbons (Fsp3) is 0. The van der Waals surface area contributed by atoms with Crippen molar-refractivity contribution < 1.29 is 19.1 Å². The van der Waals surface area contributed by atoms with E-state index < -0.39 is 11.6 Å². The molecule has 0 aliphatic heterocycles. The van der Waals surface area contributed by atoms with Gasteiger partial charge in [-0.1, -0.05) is 60.7 Å². The van der Waals surface area contributed by atoms with E-state index in [9.17, 15) is 9.59 Å². The molecule has 0 aliphatic rings. The second-order valence-electron chi connectivity index (χ2n) is 6.54. The predicted molar refractivity (Wildman–Crippen MR) is 115 cm³/mol. The van der Waals surface area contributed by atoms with Gasteiger partial charge in [0.05, 0.1) is 0 Å². The molecule has 4 heteroatoms. The minimum Gasteiger partial charge on any atom is -0.457 e. The van der Waals surface area contributed by atoms with E-state index in [1.165, 1.54) is 0 Å². The fourth-order valence-electron chi connectivity index (χ4n) is 2.91. The Morgan fingerprint density at radius 2 is 0.800 bits per heavy atom. The highest BCUT2D eigenvalue weighted by atomic mass is 16.5. The van der Waals surface area contributed by atoms with Crippen LogP contribution in [0.5, 0.6) is 23.0 Å². The van der Waals surface area contributed by atoms with E-state index in [-0.39, 0.29) is 11.1 Å². The van der Waals surface area contributed by atoms with Crippen LogP contribution in [-0.4, -0.2) is 11.6 Å². The van der Waals surface area contributed by atoms with Gasteiger partial charge >= 0.3 is 0 Å². The van der Waals surface area contributed by atoms with Crippen LogP contribution in [0.3, 0.4) is 0 Å². The first-order valence-corrected chi connectivity index (χ1v) is 9.44. The topological polar surface area (TPSA) is 52.6 Å². The van der Waals surface area contributed by atoms with Crippen molar-refractivity contribution in [1.82, 2.24) is 0 Å². The first-order chi connectivity index (χ1) is 14.7. The van der Waals surface area contributed by atoms with Gasteiger partial charge in [0.2, 0.25) is 11.6 Å². The third-order valence-electron chi connectivity index (χ3n) is 4.36. The highest BCUT2D eigenvalue weighted by Crippen LogP contribution is 2.24. The third kappa shape index (κ3) is 4.62. The normalized spacial score (nSPS) is 10.3. The van der Waals surface area contributed by atoms with Gasteiger partial charge in [-0.2, -0.15) is 0 Å². The first kappa shape index (κ1) is 19.2. The van der Waals surface area contributed by atoms with Gasteiger partial charge in [-0.25, -0.2) is 0 Å². The molecule has 0 saturated heterocycles. The Kier molecular flexibility index (Phi) is 5.67. The SMILES string of the molecule is O=C(C(=O)c1cccc(Oc2ccccc2)c1)c1cccc(Oc2ccccc2)c1. The maximum atomic E-state index is 12.8. The number of carbonyl (C=O) groups excluding carboxylic acids is 2. The molecule has 0 unspecified atom stereocenters. The summed E-state index contributed by atoms with van der Waals surface area (Å²) < 4.78 is 11.5. The summed E-state index contributed by atoms with van der Waals surface area (Å²) in [6, 6.07) is 31.7. The van der Waals surface area contributed by atoms with Crippen LogP contribution < -0.4 is 9.47 Å². The van der Waals surface area contributed by atoms with Crippen molar-refractivity contribution >= 4 is 11.6 Å². The van der Waals surface area contributed by atoms with Gasteiger partial charge in [0.15, 0.2) is 0 Å². The smallest absolute Gasteiger partial charge is 0.233 e. The Hall–Kier alpha value is -4.18. The minimum atomic E-state index is -0.606. The minimum absolute atomic E-state index is 0.266. The maximum Gasteiger partial charge on any atom is 0.233 e. The second-order valence-corrected chi connectivity index (χ2v) is 6.54. The Morgan fingerprint density at radius 1 is 0.433 bits per heavy atom. The van der Waals surface area contributed by atoms with Crippen LogP contribution in [0, 0.1) is 0 Å². The van der Waals surface area contributed by atoms with Crippen LogP contribution >= 0.6 is 0 Å². The lowest BCUT2D eigenvalue weighted by Crippen LogP contribution is -2.14. The molecule has 4 aromatic rings. The van der Waals surface area contributed by atoms with Crippen molar-refractivity contribution in [2.75, 3.05) is 0 Å². The summed E-state index contributed by atoms with van der Waals surface area (Å²) in [7, 11) is 0. The third-order valence-corrected chi connectivity index (χ3v) is 4.36. The van der Waals surface area contributed by atoms with Gasteiger partial charge in [-0.05, 0) is 48.5 Å². The molecule has 0 aliphatic carbocycles. The summed E-state index contributed by atoms with van der Waals surface area (Å²) in [4.78, 5) is 25.5. The fourth-order valence-corrected chi connectivity index (χ4v) is 2.91. The molecule has 4 rings (SSSR count). The van der Waals surface area contributed by atoms with Gasteiger partial charge in [0.1, 0.15) is 23.0 Å². The van der Waals surface area contributed by atoms with E-state index in [2.05, 4.69) is 0 Å². The van der Waals surface area contributed by atoms with Crippen LogP contribution in [-0.2, 0) is 0 Å². The Bertz CT molecular complexity index is 1070. The number of carbonyl (C=O) groups is 2. The van der Waals surface area contributed by atoms with E-state index in [0.29, 0.717) is 23.0 Å². The molecule has 30 heavy (non-hydrogen) atoms. The quantitative estimate of drug-likeness (QED) is 0.271. The zero-order valence-electron chi connectivity index (χ0n) is 16.0. The maximum absolute atomic E-state index is 12.8. The molecule has 0 spiro atoms. The molecule has 0 saturated carbocycles. The van der Waals surface area contributed by atoms with E-state index in [1.54, 1.807) is 48.5 Å². The molecule has 0 bridgehead atoms. The van der Waals surface area contributed by atoms with Gasteiger partial charge in [0.25, 0.3) is 0 Å². The van der Waals surface area contributed by atoms with Crippen LogP contribution in [0.4, 0.5) is 0 Å². The molecule has 4 aromatic carbocycles. The van der Waals surface area contributed by atoms with Crippen molar-refractivity contribution in [2.24, 2.45) is 0 Å². The number of rotatable bonds is 7. The average molecular weight is 394 g/mol. The molecule has 0 N–H and O–H groups in total. The molecule has 0 aromatic heterocycles. The standard InChI is InChI=1S/C26H18O4/c27-25(19-9-7-15-23(17-19)29-21-11-3-1-4-12-21)26(28)20-10-8-16-24(18-20)30-22-13-5-2-6-14-22/h1-18H. The molecule has 0 atom stereocenters. The summed E-state index contributed by atoms with van der Waals surface area (Å²) >= 11 is 0. The lowest BCUT2D eigenvalue weighted by molar-refractivity contribution is 0.0816. The molecule has 4 nitrogen and oxygen atoms in total. The van der Waals surface area contributed by atoms with Gasteiger partial charge < -0.3 is 9.47 Å². The van der Waals surface area contributed by atoms with E-state index in [1.807, 2.05) is 60.7 Å². The zero-order valence-corrected chi connectivity index (χ0v) is 16.0. The van der Waals surface area contributed by atoms with Crippen LogP contribution in [0.25, 0.3) is 0 Å². The van der Waals surface area contributed by atoms with Crippen molar-refractivity contribution in [3.8, 4) is 23.0 Å². The monoisotopic (exact) mass is 394 g/mol. The number of ketones is 2. The van der Waals surface area contributed by atoms with Crippen molar-refractivity contribution in [1.29, 1.82) is 0 Å². The number of hydrogen-bond acceptors (Lipinski definition) is 4. The van der Waals surface area contributed by atoms with E-state index in [4.69, 9.17) is 9.47 Å². The Morgan fingerprint density at radius 3 is 1.20 bits per heavy atom. The summed E-state index contributed by atoms with van der Waals surface area (Å²) in [6.45, 7) is 0. The summed E-state index contributed by atoms with van der Waals surface area (Å²) in [6.07, 6.45) is 0. The number of ether oxygens (including phenoxy) is 2. The first-order valence-electron chi connectivity index (χ1n) is 9.44. The number of Topliss-reactive ketones (excluding diaryl/α,β-unsaturated/α-hetero) is 2. The Balaban J connectivity index is 1.52. The van der Waals surface area contributed by atoms with Crippen molar-refractivity contribution in [3.63, 3.8) is 0 Å². The molecule has 0 amide bonds. The molecular formula is C26H18O4. The number of para-hydroxylation sites is 2. The predicted octanol–water partition coefficient (Wildman–Crippen LogP) is 6.34. The van der Waals surface area contributed by atoms with Crippen LogP contribution in [0.2, 0.25) is 0 Å². The molecule has 0 heterocycles. The highest BCUT2D eigenvalue weighted by molar-refractivity contribution is 6.49. The Labute approximate surface area is 174 Å². The summed E-state index contributed by atoms with van der Waals surface area (Å²) in [5.41, 5.74) is 0.533. The second kappa shape index (κ2) is 8.88. The molecule has 146 valence electrons. The van der Waals surface area contributed by atoms with Gasteiger partial charge in [0, 0.05) is 11.1 Å². The van der Waals surface area contributed by atoms with Crippen LogP contribution in [0.1, 0.15) is 20.7 Å². The molecule has 0 fully saturated rings. The van der Waals surface area contributed by atoms with Gasteiger partial charge in [-0.3, -0.25) is 9.59 Å². The zero-order chi connectivity index (χ0) is 20.8. The van der Waals surface area contributed by atoms with E-state index in [0.717, 1.165) is 0 Å². The largest absolute Gasteiger partial charge is 0.457 e. The number of hydrogen-bond donors (Lipinski definition) is 0. The van der Waals surface area contributed by atoms with Crippen molar-refractivity contribution in [2.45, 2.75) is 0 Å². The summed E-state index contributed by atoms with van der Waals surface area (Å²) in [5, 5.41) is 0. The summed E-state index contributed by atoms with van der Waals surface area (Å²) in [5.74, 6) is 1.07. The highest BCUT2D eigenvalue weighted by Gasteiger charge is 2.19.